The highest BCUT2D eigenvalue weighted by Crippen LogP contribution is 2.40. The SMILES string of the molecule is CCC(=O)N[C@H](C(=O)N1CCC[C@H]1c1nc2c([nH]1)CCc1cc(-c3ccc4cc(-c5cnc([C@@H]6CCCN6C(=O)[C@H](NC(=O)OC)c6ccccc6)[nH]5)ccc4c3)ccc1-2)C1CCOCC1. The van der Waals surface area contributed by atoms with E-state index in [9.17, 15) is 19.2 Å². The van der Waals surface area contributed by atoms with Crippen LogP contribution in [-0.2, 0) is 36.7 Å². The number of likely N-dealkylation sites (tertiary alicyclic amines) is 2. The summed E-state index contributed by atoms with van der Waals surface area (Å²) in [7, 11) is 1.29. The van der Waals surface area contributed by atoms with Crippen LogP contribution in [0.15, 0.2) is 91.1 Å². The lowest BCUT2D eigenvalue weighted by Crippen LogP contribution is -2.53. The molecule has 4 N–H and O–H groups in total. The number of fused-ring (bicyclic) bond motifs is 4. The Kier molecular flexibility index (Phi) is 12.1. The van der Waals surface area contributed by atoms with Gasteiger partial charge < -0.3 is 39.9 Å². The average Bonchev–Trinajstić information content (AvgIpc) is 4.21. The second-order valence-electron chi connectivity index (χ2n) is 18.0. The molecule has 4 aromatic carbocycles. The Morgan fingerprint density at radius 3 is 2.20 bits per heavy atom. The summed E-state index contributed by atoms with van der Waals surface area (Å²) in [5.74, 6) is 1.27. The highest BCUT2D eigenvalue weighted by molar-refractivity contribution is 5.92. The van der Waals surface area contributed by atoms with Crippen LogP contribution in [0.3, 0.4) is 0 Å². The van der Waals surface area contributed by atoms with Gasteiger partial charge in [-0.1, -0.05) is 79.7 Å². The van der Waals surface area contributed by atoms with Crippen LogP contribution in [0.1, 0.15) is 98.5 Å². The summed E-state index contributed by atoms with van der Waals surface area (Å²) in [4.78, 5) is 74.0. The molecule has 1 aliphatic carbocycles. The first-order valence-corrected chi connectivity index (χ1v) is 23.4. The van der Waals surface area contributed by atoms with Crippen LogP contribution in [-0.4, -0.2) is 93.0 Å². The number of ether oxygens (including phenoxy) is 2. The molecule has 340 valence electrons. The van der Waals surface area contributed by atoms with Crippen molar-refractivity contribution in [1.29, 1.82) is 0 Å². The molecule has 0 spiro atoms. The Labute approximate surface area is 383 Å². The summed E-state index contributed by atoms with van der Waals surface area (Å²) in [6.45, 7) is 4.23. The van der Waals surface area contributed by atoms with Crippen molar-refractivity contribution in [2.75, 3.05) is 33.4 Å². The number of aryl methyl sites for hydroxylation is 2. The second kappa shape index (κ2) is 18.6. The molecule has 0 bridgehead atoms. The van der Waals surface area contributed by atoms with Gasteiger partial charge in [-0.3, -0.25) is 14.4 Å². The van der Waals surface area contributed by atoms with Gasteiger partial charge in [0.2, 0.25) is 11.8 Å². The third kappa shape index (κ3) is 8.45. The van der Waals surface area contributed by atoms with E-state index in [4.69, 9.17) is 19.4 Å². The molecule has 6 aromatic rings. The van der Waals surface area contributed by atoms with Gasteiger partial charge in [0, 0.05) is 49.5 Å². The van der Waals surface area contributed by atoms with Crippen molar-refractivity contribution in [3.63, 3.8) is 0 Å². The summed E-state index contributed by atoms with van der Waals surface area (Å²) in [6.07, 6.45) is 8.03. The van der Waals surface area contributed by atoms with Crippen LogP contribution >= 0.6 is 0 Å². The molecule has 3 fully saturated rings. The minimum absolute atomic E-state index is 0.0145. The van der Waals surface area contributed by atoms with E-state index in [1.165, 1.54) is 12.7 Å². The number of aromatic nitrogens is 4. The van der Waals surface area contributed by atoms with Gasteiger partial charge in [0.05, 0.1) is 36.8 Å². The third-order valence-corrected chi connectivity index (χ3v) is 14.1. The number of benzene rings is 4. The molecule has 4 atom stereocenters. The number of hydrogen-bond donors (Lipinski definition) is 4. The lowest BCUT2D eigenvalue weighted by molar-refractivity contribution is -0.140. The van der Waals surface area contributed by atoms with Gasteiger partial charge in [0.1, 0.15) is 23.7 Å². The Morgan fingerprint density at radius 1 is 0.773 bits per heavy atom. The topological polar surface area (TPSA) is 175 Å². The maximum Gasteiger partial charge on any atom is 0.407 e. The molecule has 0 saturated carbocycles. The largest absolute Gasteiger partial charge is 0.453 e. The number of hydrogen-bond acceptors (Lipinski definition) is 8. The number of imidazole rings is 2. The van der Waals surface area contributed by atoms with Crippen molar-refractivity contribution >= 4 is 34.6 Å². The molecule has 14 heteroatoms. The number of amides is 4. The molecule has 4 amide bonds. The number of methoxy groups -OCH3 is 1. The van der Waals surface area contributed by atoms with E-state index in [1.54, 1.807) is 4.90 Å². The summed E-state index contributed by atoms with van der Waals surface area (Å²) in [6, 6.07) is 27.0. The zero-order valence-electron chi connectivity index (χ0n) is 37.5. The Balaban J connectivity index is 0.841. The summed E-state index contributed by atoms with van der Waals surface area (Å²) in [5.41, 5.74) is 9.26. The lowest BCUT2D eigenvalue weighted by Gasteiger charge is -2.34. The van der Waals surface area contributed by atoms with Crippen LogP contribution in [0.5, 0.6) is 0 Å². The van der Waals surface area contributed by atoms with Gasteiger partial charge in [-0.15, -0.1) is 0 Å². The monoisotopic (exact) mass is 888 g/mol. The van der Waals surface area contributed by atoms with E-state index in [2.05, 4.69) is 75.2 Å². The fourth-order valence-corrected chi connectivity index (χ4v) is 10.5. The summed E-state index contributed by atoms with van der Waals surface area (Å²) < 4.78 is 10.4. The number of alkyl carbamates (subject to hydrolysis) is 1. The van der Waals surface area contributed by atoms with Gasteiger partial charge in [-0.05, 0) is 102 Å². The van der Waals surface area contributed by atoms with Crippen molar-refractivity contribution < 1.29 is 28.7 Å². The minimum Gasteiger partial charge on any atom is -0.453 e. The fraction of sp³-hybridized carbons (Fsp3) is 0.385. The molecule has 10 rings (SSSR count). The average molecular weight is 889 g/mol. The van der Waals surface area contributed by atoms with Crippen molar-refractivity contribution in [3.8, 4) is 33.6 Å². The van der Waals surface area contributed by atoms with Crippen LogP contribution in [0.4, 0.5) is 4.79 Å². The molecular weight excluding hydrogens is 833 g/mol. The quantitative estimate of drug-likeness (QED) is 0.101. The lowest BCUT2D eigenvalue weighted by atomic mass is 9.89. The first-order chi connectivity index (χ1) is 32.3. The van der Waals surface area contributed by atoms with E-state index >= 15 is 0 Å². The molecular formula is C52H56N8O6. The molecule has 2 aromatic heterocycles. The predicted octanol–water partition coefficient (Wildman–Crippen LogP) is 8.13. The van der Waals surface area contributed by atoms with Crippen LogP contribution in [0.25, 0.3) is 44.4 Å². The van der Waals surface area contributed by atoms with E-state index in [0.717, 1.165) is 107 Å². The number of nitrogens with one attached hydrogen (secondary N) is 4. The maximum atomic E-state index is 14.2. The number of aromatic amines is 2. The van der Waals surface area contributed by atoms with Crippen LogP contribution in [0, 0.1) is 5.92 Å². The third-order valence-electron chi connectivity index (χ3n) is 14.1. The predicted molar refractivity (Wildman–Crippen MR) is 250 cm³/mol. The summed E-state index contributed by atoms with van der Waals surface area (Å²) in [5, 5.41) is 8.02. The molecule has 3 saturated heterocycles. The highest BCUT2D eigenvalue weighted by Gasteiger charge is 2.41. The molecule has 14 nitrogen and oxygen atoms in total. The maximum absolute atomic E-state index is 14.2. The van der Waals surface area contributed by atoms with Gasteiger partial charge >= 0.3 is 6.09 Å². The molecule has 0 radical (unpaired) electrons. The molecule has 0 unspecified atom stereocenters. The number of rotatable bonds is 11. The molecule has 4 aliphatic rings. The van der Waals surface area contributed by atoms with Gasteiger partial charge in [-0.25, -0.2) is 14.8 Å². The Hall–Kier alpha value is -6.80. The van der Waals surface area contributed by atoms with E-state index in [-0.39, 0.29) is 35.7 Å². The van der Waals surface area contributed by atoms with E-state index in [1.807, 2.05) is 48.4 Å². The zero-order valence-corrected chi connectivity index (χ0v) is 37.5. The van der Waals surface area contributed by atoms with Gasteiger partial charge in [0.25, 0.3) is 5.91 Å². The number of H-pyrrole nitrogens is 2. The first kappa shape index (κ1) is 43.1. The highest BCUT2D eigenvalue weighted by atomic mass is 16.5. The van der Waals surface area contributed by atoms with Crippen LogP contribution < -0.4 is 10.6 Å². The van der Waals surface area contributed by atoms with Crippen molar-refractivity contribution in [3.05, 3.63) is 120 Å². The number of nitrogens with zero attached hydrogens (tertiary/aromatic N) is 4. The summed E-state index contributed by atoms with van der Waals surface area (Å²) >= 11 is 0. The van der Waals surface area contributed by atoms with Crippen molar-refractivity contribution in [2.45, 2.75) is 88.9 Å². The van der Waals surface area contributed by atoms with Crippen molar-refractivity contribution in [2.24, 2.45) is 5.92 Å². The fourth-order valence-electron chi connectivity index (χ4n) is 10.5. The second-order valence-corrected chi connectivity index (χ2v) is 18.0. The first-order valence-electron chi connectivity index (χ1n) is 23.4. The molecule has 66 heavy (non-hydrogen) atoms. The van der Waals surface area contributed by atoms with Crippen LogP contribution in [0.2, 0.25) is 0 Å². The van der Waals surface area contributed by atoms with Crippen molar-refractivity contribution in [1.82, 2.24) is 40.4 Å². The van der Waals surface area contributed by atoms with Gasteiger partial charge in [0.15, 0.2) is 0 Å². The number of carbonyl (C=O) groups excluding carboxylic acids is 4. The molecule has 5 heterocycles. The van der Waals surface area contributed by atoms with E-state index < -0.39 is 18.2 Å². The number of carbonyl (C=O) groups is 4. The van der Waals surface area contributed by atoms with E-state index in [0.29, 0.717) is 44.1 Å². The Bertz CT molecular complexity index is 2780. The minimum atomic E-state index is -0.879. The zero-order chi connectivity index (χ0) is 45.3. The smallest absolute Gasteiger partial charge is 0.407 e. The standard InChI is InChI=1S/C52H56N8O6/c1-3-44(61)56-45(32-21-25-66-26-22-32)50(62)60-24-8-12-43(60)49-54-40-20-18-37-28-36(17-19-39(37)47(40)57-49)33-13-14-35-29-38(16-15-34(35)27-33)41-30-53-48(55-41)42-11-7-23-59(42)51(63)46(58-52(64)65-2)31-9-5-4-6-10-31/h4-6,9-10,13-17,19,27-30,32,42-43,45-46H,3,7-8,11-12,18,20-26H2,1-2H3,(H,53,55)(H,54,57)(H,56,61)(H,58,64)/t42-,43-,45-,46+/m0/s1. The van der Waals surface area contributed by atoms with Gasteiger partial charge in [-0.2, -0.15) is 0 Å². The molecule has 3 aliphatic heterocycles. The Morgan fingerprint density at radius 2 is 1.45 bits per heavy atom. The normalized spacial score (nSPS) is 19.2.